The maximum Gasteiger partial charge on any atom is 0.143 e. The van der Waals surface area contributed by atoms with Gasteiger partial charge in [-0.05, 0) is 46.6 Å². The molecule has 0 saturated heterocycles. The number of nitrogens with two attached hydrogens (primary N) is 1. The van der Waals surface area contributed by atoms with Gasteiger partial charge in [0, 0.05) is 19.3 Å². The molecule has 0 aliphatic heterocycles. The molecule has 0 atom stereocenters. The number of rotatable bonds is 6. The molecule has 1 aromatic heterocycles. The number of anilines is 1. The fraction of sp³-hybridized carbons (Fsp3) is 0.267. The van der Waals surface area contributed by atoms with Crippen molar-refractivity contribution in [2.45, 2.75) is 13.0 Å². The third-order valence-corrected chi connectivity index (χ3v) is 3.51. The van der Waals surface area contributed by atoms with Crippen molar-refractivity contribution in [2.24, 2.45) is 5.73 Å². The summed E-state index contributed by atoms with van der Waals surface area (Å²) in [6.07, 6.45) is 2.77. The van der Waals surface area contributed by atoms with Gasteiger partial charge in [-0.2, -0.15) is 0 Å². The topological polar surface area (TPSA) is 42.1 Å². The van der Waals surface area contributed by atoms with Crippen molar-refractivity contribution in [1.82, 2.24) is 4.98 Å². The Labute approximate surface area is 122 Å². The van der Waals surface area contributed by atoms with Crippen LogP contribution in [0.1, 0.15) is 12.0 Å². The molecule has 0 unspecified atom stereocenters. The smallest absolute Gasteiger partial charge is 0.143 e. The van der Waals surface area contributed by atoms with E-state index in [4.69, 9.17) is 5.73 Å². The van der Waals surface area contributed by atoms with Gasteiger partial charge < -0.3 is 10.6 Å². The van der Waals surface area contributed by atoms with Gasteiger partial charge in [-0.1, -0.05) is 30.3 Å². The van der Waals surface area contributed by atoms with Crippen molar-refractivity contribution < 1.29 is 0 Å². The van der Waals surface area contributed by atoms with Gasteiger partial charge in [-0.15, -0.1) is 0 Å². The Bertz CT molecular complexity index is 502. The molecule has 0 radical (unpaired) electrons. The first-order chi connectivity index (χ1) is 9.31. The molecule has 100 valence electrons. The third-order valence-electron chi connectivity index (χ3n) is 2.89. The SMILES string of the molecule is NCCCN(Cc1ccccc1)c1ncccc1Br. The third kappa shape index (κ3) is 4.04. The molecule has 0 aliphatic rings. The molecule has 2 rings (SSSR count). The van der Waals surface area contributed by atoms with E-state index in [0.29, 0.717) is 6.54 Å². The first-order valence-electron chi connectivity index (χ1n) is 6.40. The number of hydrogen-bond donors (Lipinski definition) is 1. The molecule has 0 spiro atoms. The summed E-state index contributed by atoms with van der Waals surface area (Å²) >= 11 is 3.57. The zero-order valence-electron chi connectivity index (χ0n) is 10.8. The standard InChI is InChI=1S/C15H18BrN3/c16-14-8-4-10-18-15(14)19(11-5-9-17)12-13-6-2-1-3-7-13/h1-4,6-8,10H,5,9,11-12,17H2. The second kappa shape index (κ2) is 7.26. The average Bonchev–Trinajstić information content (AvgIpc) is 2.45. The summed E-state index contributed by atoms with van der Waals surface area (Å²) in [6.45, 7) is 2.44. The molecule has 0 aliphatic carbocycles. The minimum atomic E-state index is 0.690. The molecule has 0 saturated carbocycles. The molecule has 3 nitrogen and oxygen atoms in total. The van der Waals surface area contributed by atoms with E-state index in [1.807, 2.05) is 24.4 Å². The van der Waals surface area contributed by atoms with Crippen molar-refractivity contribution in [3.63, 3.8) is 0 Å². The lowest BCUT2D eigenvalue weighted by molar-refractivity contribution is 0.724. The highest BCUT2D eigenvalue weighted by molar-refractivity contribution is 9.10. The molecule has 19 heavy (non-hydrogen) atoms. The second-order valence-electron chi connectivity index (χ2n) is 4.36. The fourth-order valence-corrected chi connectivity index (χ4v) is 2.46. The van der Waals surface area contributed by atoms with Gasteiger partial charge >= 0.3 is 0 Å². The van der Waals surface area contributed by atoms with Crippen LogP contribution >= 0.6 is 15.9 Å². The summed E-state index contributed by atoms with van der Waals surface area (Å²) in [4.78, 5) is 6.72. The van der Waals surface area contributed by atoms with Crippen molar-refractivity contribution in [1.29, 1.82) is 0 Å². The van der Waals surface area contributed by atoms with E-state index in [2.05, 4.69) is 50.1 Å². The minimum absolute atomic E-state index is 0.690. The minimum Gasteiger partial charge on any atom is -0.351 e. The van der Waals surface area contributed by atoms with E-state index in [-0.39, 0.29) is 0 Å². The van der Waals surface area contributed by atoms with E-state index in [9.17, 15) is 0 Å². The maximum atomic E-state index is 5.63. The van der Waals surface area contributed by atoms with E-state index < -0.39 is 0 Å². The normalized spacial score (nSPS) is 10.4. The highest BCUT2D eigenvalue weighted by atomic mass is 79.9. The van der Waals surface area contributed by atoms with E-state index in [0.717, 1.165) is 29.8 Å². The van der Waals surface area contributed by atoms with Gasteiger partial charge in [-0.3, -0.25) is 0 Å². The van der Waals surface area contributed by atoms with Crippen molar-refractivity contribution in [3.8, 4) is 0 Å². The maximum absolute atomic E-state index is 5.63. The Hall–Kier alpha value is -1.39. The Balaban J connectivity index is 2.19. The van der Waals surface area contributed by atoms with Gasteiger partial charge in [0.25, 0.3) is 0 Å². The Morgan fingerprint density at radius 1 is 1.11 bits per heavy atom. The molecule has 0 amide bonds. The lowest BCUT2D eigenvalue weighted by atomic mass is 10.2. The number of benzene rings is 1. The molecule has 0 fully saturated rings. The lowest BCUT2D eigenvalue weighted by Crippen LogP contribution is -2.26. The molecular formula is C15H18BrN3. The molecule has 1 aromatic carbocycles. The van der Waals surface area contributed by atoms with Crippen LogP contribution in [0.25, 0.3) is 0 Å². The van der Waals surface area contributed by atoms with E-state index in [1.165, 1.54) is 5.56 Å². The first-order valence-corrected chi connectivity index (χ1v) is 7.20. The number of nitrogens with zero attached hydrogens (tertiary/aromatic N) is 2. The van der Waals surface area contributed by atoms with Crippen molar-refractivity contribution >= 4 is 21.7 Å². The van der Waals surface area contributed by atoms with Crippen LogP contribution in [-0.2, 0) is 6.54 Å². The Morgan fingerprint density at radius 2 is 1.89 bits per heavy atom. The number of hydrogen-bond acceptors (Lipinski definition) is 3. The number of halogens is 1. The van der Waals surface area contributed by atoms with Crippen LogP contribution in [0, 0.1) is 0 Å². The number of aromatic nitrogens is 1. The predicted octanol–water partition coefficient (Wildman–Crippen LogP) is 3.20. The summed E-state index contributed by atoms with van der Waals surface area (Å²) in [7, 11) is 0. The molecule has 2 aromatic rings. The zero-order chi connectivity index (χ0) is 13.5. The zero-order valence-corrected chi connectivity index (χ0v) is 12.4. The Kier molecular flexibility index (Phi) is 5.36. The summed E-state index contributed by atoms with van der Waals surface area (Å²) in [5.74, 6) is 0.972. The first kappa shape index (κ1) is 14.0. The summed E-state index contributed by atoms with van der Waals surface area (Å²) < 4.78 is 1.02. The molecule has 1 heterocycles. The van der Waals surface area contributed by atoms with Crippen LogP contribution in [0.4, 0.5) is 5.82 Å². The molecule has 0 bridgehead atoms. The molecule has 4 heteroatoms. The van der Waals surface area contributed by atoms with E-state index in [1.54, 1.807) is 0 Å². The lowest BCUT2D eigenvalue weighted by Gasteiger charge is -2.24. The number of pyridine rings is 1. The van der Waals surface area contributed by atoms with Gasteiger partial charge in [0.15, 0.2) is 0 Å². The summed E-state index contributed by atoms with van der Waals surface area (Å²) in [5, 5.41) is 0. The highest BCUT2D eigenvalue weighted by Gasteiger charge is 2.11. The van der Waals surface area contributed by atoms with Crippen LogP contribution in [0.15, 0.2) is 53.1 Å². The van der Waals surface area contributed by atoms with Gasteiger partial charge in [-0.25, -0.2) is 4.98 Å². The van der Waals surface area contributed by atoms with Gasteiger partial charge in [0.05, 0.1) is 4.47 Å². The Morgan fingerprint density at radius 3 is 2.58 bits per heavy atom. The van der Waals surface area contributed by atoms with Gasteiger partial charge in [0.2, 0.25) is 0 Å². The van der Waals surface area contributed by atoms with Crippen molar-refractivity contribution in [2.75, 3.05) is 18.0 Å². The predicted molar refractivity (Wildman–Crippen MR) is 83.1 cm³/mol. The monoisotopic (exact) mass is 319 g/mol. The van der Waals surface area contributed by atoms with E-state index >= 15 is 0 Å². The fourth-order valence-electron chi connectivity index (χ4n) is 1.96. The van der Waals surface area contributed by atoms with Crippen LogP contribution in [0.2, 0.25) is 0 Å². The molecule has 2 N–H and O–H groups in total. The van der Waals surface area contributed by atoms with Crippen molar-refractivity contribution in [3.05, 3.63) is 58.7 Å². The van der Waals surface area contributed by atoms with Gasteiger partial charge in [0.1, 0.15) is 5.82 Å². The average molecular weight is 320 g/mol. The van der Waals surface area contributed by atoms with Crippen LogP contribution in [0.5, 0.6) is 0 Å². The quantitative estimate of drug-likeness (QED) is 0.889. The molecular weight excluding hydrogens is 302 g/mol. The summed E-state index contributed by atoms with van der Waals surface area (Å²) in [6, 6.07) is 14.4. The highest BCUT2D eigenvalue weighted by Crippen LogP contribution is 2.24. The summed E-state index contributed by atoms with van der Waals surface area (Å²) in [5.41, 5.74) is 6.90. The van der Waals surface area contributed by atoms with Crippen LogP contribution in [-0.4, -0.2) is 18.1 Å². The largest absolute Gasteiger partial charge is 0.351 e. The second-order valence-corrected chi connectivity index (χ2v) is 5.21. The van der Waals surface area contributed by atoms with Crippen LogP contribution < -0.4 is 10.6 Å². The van der Waals surface area contributed by atoms with Crippen LogP contribution in [0.3, 0.4) is 0 Å².